The highest BCUT2D eigenvalue weighted by Crippen LogP contribution is 2.18. The van der Waals surface area contributed by atoms with Crippen LogP contribution >= 0.6 is 0 Å². The molecule has 1 aromatic rings. The quantitative estimate of drug-likeness (QED) is 0.684. The van der Waals surface area contributed by atoms with E-state index < -0.39 is 10.0 Å². The van der Waals surface area contributed by atoms with Crippen molar-refractivity contribution in [3.63, 3.8) is 0 Å². The van der Waals surface area contributed by atoms with Crippen LogP contribution in [-0.2, 0) is 14.8 Å². The summed E-state index contributed by atoms with van der Waals surface area (Å²) in [7, 11) is -3.83. The molecular formula is C10H15N3O3S. The molecule has 1 rings (SSSR count). The molecule has 4 N–H and O–H groups in total. The molecule has 0 radical (unpaired) electrons. The maximum Gasteiger partial charge on any atom is 0.240 e. The molecule has 1 amide bonds. The molecule has 0 heterocycles. The molecule has 17 heavy (non-hydrogen) atoms. The molecule has 0 aliphatic rings. The van der Waals surface area contributed by atoms with Crippen LogP contribution in [-0.4, -0.2) is 27.4 Å². The molecule has 7 heteroatoms. The molecule has 1 aromatic carbocycles. The van der Waals surface area contributed by atoms with Crippen LogP contribution in [0.4, 0.5) is 5.69 Å². The van der Waals surface area contributed by atoms with Gasteiger partial charge in [0, 0.05) is 0 Å². The van der Waals surface area contributed by atoms with Crippen LogP contribution < -0.4 is 15.8 Å². The van der Waals surface area contributed by atoms with Crippen LogP contribution in [0.25, 0.3) is 0 Å². The number of carbonyl (C=O) groups excluding carboxylic acids is 1. The van der Waals surface area contributed by atoms with Crippen molar-refractivity contribution in [2.75, 3.05) is 18.4 Å². The molecule has 0 saturated heterocycles. The Hall–Kier alpha value is -1.44. The van der Waals surface area contributed by atoms with Crippen molar-refractivity contribution in [1.29, 1.82) is 0 Å². The van der Waals surface area contributed by atoms with Gasteiger partial charge < -0.3 is 10.6 Å². The van der Waals surface area contributed by atoms with Gasteiger partial charge in [0.1, 0.15) is 4.90 Å². The van der Waals surface area contributed by atoms with E-state index in [1.807, 2.05) is 6.92 Å². The average Bonchev–Trinajstić information content (AvgIpc) is 2.25. The van der Waals surface area contributed by atoms with E-state index >= 15 is 0 Å². The second kappa shape index (κ2) is 5.76. The van der Waals surface area contributed by atoms with Gasteiger partial charge in [-0.3, -0.25) is 4.79 Å². The third-order valence-corrected chi connectivity index (χ3v) is 2.97. The zero-order valence-electron chi connectivity index (χ0n) is 9.43. The third-order valence-electron chi connectivity index (χ3n) is 2.00. The smallest absolute Gasteiger partial charge is 0.240 e. The Morgan fingerprint density at radius 1 is 1.35 bits per heavy atom. The summed E-state index contributed by atoms with van der Waals surface area (Å²) in [6.45, 7) is 2.64. The van der Waals surface area contributed by atoms with E-state index in [2.05, 4.69) is 10.6 Å². The standard InChI is InChI=1S/C10H15N3O3S/c1-2-12-7-10(14)13-8-5-3-4-6-9(8)17(11,15)16/h3-6,12H,2,7H2,1H3,(H,13,14)(H2,11,15,16). The molecule has 0 bridgehead atoms. The van der Waals surface area contributed by atoms with Gasteiger partial charge in [0.05, 0.1) is 12.2 Å². The molecule has 0 atom stereocenters. The molecule has 0 spiro atoms. The van der Waals surface area contributed by atoms with Crippen molar-refractivity contribution in [1.82, 2.24) is 5.32 Å². The number of sulfonamides is 1. The number of amides is 1. The summed E-state index contributed by atoms with van der Waals surface area (Å²) in [6, 6.07) is 6.00. The van der Waals surface area contributed by atoms with Crippen LogP contribution in [0.15, 0.2) is 29.2 Å². The number of rotatable bonds is 5. The molecule has 0 saturated carbocycles. The number of nitrogens with one attached hydrogen (secondary N) is 2. The van der Waals surface area contributed by atoms with Crippen LogP contribution in [0.3, 0.4) is 0 Å². The molecular weight excluding hydrogens is 242 g/mol. The highest BCUT2D eigenvalue weighted by molar-refractivity contribution is 7.89. The number of hydrogen-bond donors (Lipinski definition) is 3. The topological polar surface area (TPSA) is 101 Å². The molecule has 0 aliphatic carbocycles. The van der Waals surface area contributed by atoms with Gasteiger partial charge in [-0.05, 0) is 18.7 Å². The van der Waals surface area contributed by atoms with E-state index in [4.69, 9.17) is 5.14 Å². The number of nitrogens with two attached hydrogens (primary N) is 1. The molecule has 0 aliphatic heterocycles. The molecule has 94 valence electrons. The van der Waals surface area contributed by atoms with E-state index in [0.717, 1.165) is 0 Å². The highest BCUT2D eigenvalue weighted by Gasteiger charge is 2.14. The van der Waals surface area contributed by atoms with Gasteiger partial charge in [0.25, 0.3) is 0 Å². The summed E-state index contributed by atoms with van der Waals surface area (Å²) in [5.41, 5.74) is 0.193. The van der Waals surface area contributed by atoms with Crippen LogP contribution in [0, 0.1) is 0 Å². The van der Waals surface area contributed by atoms with E-state index in [1.54, 1.807) is 12.1 Å². The Morgan fingerprint density at radius 3 is 2.59 bits per heavy atom. The minimum absolute atomic E-state index is 0.0927. The Balaban J connectivity index is 2.88. The summed E-state index contributed by atoms with van der Waals surface area (Å²) >= 11 is 0. The Bertz CT molecular complexity index is 499. The number of likely N-dealkylation sites (N-methyl/N-ethyl adjacent to an activating group) is 1. The number of hydrogen-bond acceptors (Lipinski definition) is 4. The third kappa shape index (κ3) is 4.14. The monoisotopic (exact) mass is 257 g/mol. The fourth-order valence-corrected chi connectivity index (χ4v) is 1.94. The number of primary sulfonamides is 1. The molecule has 0 aromatic heterocycles. The first-order valence-corrected chi connectivity index (χ1v) is 6.62. The summed E-state index contributed by atoms with van der Waals surface area (Å²) in [5.74, 6) is -0.317. The van der Waals surface area contributed by atoms with Gasteiger partial charge in [-0.2, -0.15) is 0 Å². The Labute approximate surface area is 100 Å². The van der Waals surface area contributed by atoms with E-state index in [1.165, 1.54) is 12.1 Å². The number of carbonyl (C=O) groups is 1. The van der Waals surface area contributed by atoms with Gasteiger partial charge in [0.15, 0.2) is 0 Å². The first kappa shape index (κ1) is 13.6. The summed E-state index contributed by atoms with van der Waals surface area (Å²) < 4.78 is 22.5. The summed E-state index contributed by atoms with van der Waals surface area (Å²) in [5, 5.41) is 10.4. The largest absolute Gasteiger partial charge is 0.324 e. The lowest BCUT2D eigenvalue weighted by Gasteiger charge is -2.09. The molecule has 0 fully saturated rings. The highest BCUT2D eigenvalue weighted by atomic mass is 32.2. The number of para-hydroxylation sites is 1. The predicted octanol–water partition coefficient (Wildman–Crippen LogP) is -0.118. The van der Waals surface area contributed by atoms with Crippen molar-refractivity contribution in [2.24, 2.45) is 5.14 Å². The number of anilines is 1. The Kier molecular flexibility index (Phi) is 4.62. The second-order valence-electron chi connectivity index (χ2n) is 3.37. The lowest BCUT2D eigenvalue weighted by Crippen LogP contribution is -2.28. The minimum atomic E-state index is -3.83. The second-order valence-corrected chi connectivity index (χ2v) is 4.90. The zero-order chi connectivity index (χ0) is 12.9. The van der Waals surface area contributed by atoms with E-state index in [9.17, 15) is 13.2 Å². The lowest BCUT2D eigenvalue weighted by atomic mass is 10.3. The maximum absolute atomic E-state index is 11.4. The van der Waals surface area contributed by atoms with Crippen molar-refractivity contribution in [3.8, 4) is 0 Å². The molecule has 6 nitrogen and oxygen atoms in total. The van der Waals surface area contributed by atoms with Gasteiger partial charge >= 0.3 is 0 Å². The minimum Gasteiger partial charge on any atom is -0.324 e. The van der Waals surface area contributed by atoms with Crippen LogP contribution in [0.2, 0.25) is 0 Å². The fraction of sp³-hybridized carbons (Fsp3) is 0.300. The zero-order valence-corrected chi connectivity index (χ0v) is 10.3. The van der Waals surface area contributed by atoms with Gasteiger partial charge in [-0.25, -0.2) is 13.6 Å². The van der Waals surface area contributed by atoms with Crippen molar-refractivity contribution < 1.29 is 13.2 Å². The number of benzene rings is 1. The molecule has 0 unspecified atom stereocenters. The van der Waals surface area contributed by atoms with E-state index in [0.29, 0.717) is 6.54 Å². The van der Waals surface area contributed by atoms with Crippen molar-refractivity contribution in [3.05, 3.63) is 24.3 Å². The van der Waals surface area contributed by atoms with Gasteiger partial charge in [-0.15, -0.1) is 0 Å². The lowest BCUT2D eigenvalue weighted by molar-refractivity contribution is -0.115. The first-order chi connectivity index (χ1) is 7.95. The fourth-order valence-electron chi connectivity index (χ4n) is 1.25. The summed E-state index contributed by atoms with van der Waals surface area (Å²) in [4.78, 5) is 11.3. The maximum atomic E-state index is 11.4. The van der Waals surface area contributed by atoms with Gasteiger partial charge in [0.2, 0.25) is 15.9 Å². The summed E-state index contributed by atoms with van der Waals surface area (Å²) in [6.07, 6.45) is 0. The Morgan fingerprint density at radius 2 is 2.00 bits per heavy atom. The predicted molar refractivity (Wildman–Crippen MR) is 65.0 cm³/mol. The van der Waals surface area contributed by atoms with Crippen LogP contribution in [0.5, 0.6) is 0 Å². The van der Waals surface area contributed by atoms with Gasteiger partial charge in [-0.1, -0.05) is 19.1 Å². The SMILES string of the molecule is CCNCC(=O)Nc1ccccc1S(N)(=O)=O. The van der Waals surface area contributed by atoms with Crippen molar-refractivity contribution in [2.45, 2.75) is 11.8 Å². The normalized spacial score (nSPS) is 11.2. The van der Waals surface area contributed by atoms with Crippen LogP contribution in [0.1, 0.15) is 6.92 Å². The van der Waals surface area contributed by atoms with E-state index in [-0.39, 0.29) is 23.0 Å². The first-order valence-electron chi connectivity index (χ1n) is 5.07. The average molecular weight is 257 g/mol. The van der Waals surface area contributed by atoms with Crippen molar-refractivity contribution >= 4 is 21.6 Å².